The number of amides is 1. The molecule has 3 fully saturated rings. The van der Waals surface area contributed by atoms with E-state index >= 15 is 0 Å². The van der Waals surface area contributed by atoms with Crippen molar-refractivity contribution in [2.75, 3.05) is 45.8 Å². The summed E-state index contributed by atoms with van der Waals surface area (Å²) in [6.07, 6.45) is 0. The molecule has 0 aromatic rings. The fourth-order valence-electron chi connectivity index (χ4n) is 2.30. The summed E-state index contributed by atoms with van der Waals surface area (Å²) in [5.74, 6) is -0.148. The van der Waals surface area contributed by atoms with E-state index in [2.05, 4.69) is 4.90 Å². The van der Waals surface area contributed by atoms with Crippen LogP contribution in [0.25, 0.3) is 0 Å². The van der Waals surface area contributed by atoms with Gasteiger partial charge in [-0.1, -0.05) is 0 Å². The molecule has 68 valence electrons. The zero-order valence-electron chi connectivity index (χ0n) is 7.33. The van der Waals surface area contributed by atoms with E-state index in [1.165, 1.54) is 0 Å². The second kappa shape index (κ2) is 2.71. The molecule has 3 aliphatic rings. The minimum absolute atomic E-state index is 0.148. The molecule has 3 heterocycles. The Hall–Kier alpha value is -0.610. The molecule has 12 heavy (non-hydrogen) atoms. The molecule has 2 N–H and O–H groups in total. The number of piperazine rings is 3. The Labute approximate surface area is 72.5 Å². The van der Waals surface area contributed by atoms with Gasteiger partial charge < -0.3 is 10.2 Å². The highest BCUT2D eigenvalue weighted by Gasteiger charge is 2.39. The topological polar surface area (TPSA) is 46.3 Å². The molecule has 1 amide bonds. The summed E-state index contributed by atoms with van der Waals surface area (Å²) < 4.78 is 0.950. The number of quaternary nitrogens is 1. The van der Waals surface area contributed by atoms with Crippen LogP contribution in [0.5, 0.6) is 0 Å². The van der Waals surface area contributed by atoms with Crippen LogP contribution in [-0.4, -0.2) is 61.1 Å². The quantitative estimate of drug-likeness (QED) is 0.519. The number of hydrogen-bond donors (Lipinski definition) is 1. The summed E-state index contributed by atoms with van der Waals surface area (Å²) in [5.41, 5.74) is 5.23. The molecule has 0 radical (unpaired) electrons. The van der Waals surface area contributed by atoms with Gasteiger partial charge in [-0.15, -0.1) is 0 Å². The third-order valence-corrected chi connectivity index (χ3v) is 3.16. The van der Waals surface area contributed by atoms with Crippen LogP contribution in [0.1, 0.15) is 0 Å². The van der Waals surface area contributed by atoms with Gasteiger partial charge in [0.1, 0.15) is 0 Å². The van der Waals surface area contributed by atoms with Crippen LogP contribution >= 0.6 is 0 Å². The van der Waals surface area contributed by atoms with E-state index in [-0.39, 0.29) is 5.91 Å². The predicted molar refractivity (Wildman–Crippen MR) is 45.4 cm³/mol. The van der Waals surface area contributed by atoms with Crippen LogP contribution in [0, 0.1) is 0 Å². The molecule has 0 spiro atoms. The predicted octanol–water partition coefficient (Wildman–Crippen LogP) is -1.38. The van der Waals surface area contributed by atoms with Crippen molar-refractivity contribution in [3.05, 3.63) is 0 Å². The van der Waals surface area contributed by atoms with E-state index < -0.39 is 0 Å². The molecule has 3 saturated heterocycles. The van der Waals surface area contributed by atoms with E-state index in [1.807, 2.05) is 0 Å². The highest BCUT2D eigenvalue weighted by molar-refractivity contribution is 5.74. The lowest BCUT2D eigenvalue weighted by Gasteiger charge is -2.49. The number of nitrogens with zero attached hydrogens (tertiary/aromatic N) is 2. The molecule has 0 aromatic carbocycles. The van der Waals surface area contributed by atoms with Crippen molar-refractivity contribution < 1.29 is 9.28 Å². The molecule has 4 nitrogen and oxygen atoms in total. The third-order valence-electron chi connectivity index (χ3n) is 3.16. The van der Waals surface area contributed by atoms with Gasteiger partial charge in [0.15, 0.2) is 6.54 Å². The maximum absolute atomic E-state index is 10.8. The van der Waals surface area contributed by atoms with E-state index in [9.17, 15) is 4.79 Å². The van der Waals surface area contributed by atoms with Gasteiger partial charge in [-0.25, -0.2) is 0 Å². The lowest BCUT2D eigenvalue weighted by molar-refractivity contribution is -0.933. The van der Waals surface area contributed by atoms with Crippen LogP contribution < -0.4 is 5.73 Å². The van der Waals surface area contributed by atoms with Crippen LogP contribution in [0.15, 0.2) is 0 Å². The van der Waals surface area contributed by atoms with E-state index in [0.29, 0.717) is 6.54 Å². The largest absolute Gasteiger partial charge is 0.365 e. The minimum Gasteiger partial charge on any atom is -0.365 e. The molecule has 0 aliphatic carbocycles. The number of carbonyl (C=O) groups excluding carboxylic acids is 1. The van der Waals surface area contributed by atoms with Crippen LogP contribution in [0.3, 0.4) is 0 Å². The first kappa shape index (κ1) is 8.01. The summed E-state index contributed by atoms with van der Waals surface area (Å²) >= 11 is 0. The Kier molecular flexibility index (Phi) is 1.81. The van der Waals surface area contributed by atoms with Crippen molar-refractivity contribution in [3.8, 4) is 0 Å². The number of hydrogen-bond acceptors (Lipinski definition) is 2. The Balaban J connectivity index is 2.03. The fourth-order valence-corrected chi connectivity index (χ4v) is 2.30. The fraction of sp³-hybridized carbons (Fsp3) is 0.875. The van der Waals surface area contributed by atoms with Gasteiger partial charge in [-0.3, -0.25) is 9.69 Å². The molecule has 2 bridgehead atoms. The normalized spacial score (nSPS) is 39.8. The standard InChI is InChI=1S/C8H15N3O/c9-8(12)7-11-4-1-10(2-5-11)3-6-11/h1-7H2,(H-,9,12)/p+1. The van der Waals surface area contributed by atoms with Crippen LogP contribution in [0.4, 0.5) is 0 Å². The summed E-state index contributed by atoms with van der Waals surface area (Å²) in [6.45, 7) is 7.33. The maximum atomic E-state index is 10.8. The Morgan fingerprint density at radius 2 is 1.75 bits per heavy atom. The molecular formula is C8H16N3O+. The first-order valence-electron chi connectivity index (χ1n) is 4.56. The minimum atomic E-state index is -0.148. The summed E-state index contributed by atoms with van der Waals surface area (Å²) in [7, 11) is 0. The Morgan fingerprint density at radius 1 is 1.25 bits per heavy atom. The van der Waals surface area contributed by atoms with Gasteiger partial charge in [0.25, 0.3) is 5.91 Å². The van der Waals surface area contributed by atoms with Crippen molar-refractivity contribution in [2.24, 2.45) is 5.73 Å². The molecule has 0 atom stereocenters. The first-order valence-corrected chi connectivity index (χ1v) is 4.56. The van der Waals surface area contributed by atoms with Gasteiger partial charge in [0.05, 0.1) is 19.6 Å². The summed E-state index contributed by atoms with van der Waals surface area (Å²) in [5, 5.41) is 0. The summed E-state index contributed by atoms with van der Waals surface area (Å²) in [4.78, 5) is 13.3. The monoisotopic (exact) mass is 170 g/mol. The molecule has 0 aromatic heterocycles. The van der Waals surface area contributed by atoms with Gasteiger partial charge in [0.2, 0.25) is 0 Å². The Bertz CT molecular complexity index is 183. The first-order chi connectivity index (χ1) is 5.70. The molecule has 3 aliphatic heterocycles. The second-order valence-electron chi connectivity index (χ2n) is 3.98. The van der Waals surface area contributed by atoms with Gasteiger partial charge >= 0.3 is 0 Å². The number of fused-ring (bicyclic) bond motifs is 3. The summed E-state index contributed by atoms with van der Waals surface area (Å²) in [6, 6.07) is 0. The molecule has 0 unspecified atom stereocenters. The second-order valence-corrected chi connectivity index (χ2v) is 3.98. The van der Waals surface area contributed by atoms with E-state index in [4.69, 9.17) is 5.73 Å². The van der Waals surface area contributed by atoms with Gasteiger partial charge in [0, 0.05) is 19.6 Å². The van der Waals surface area contributed by atoms with Crippen molar-refractivity contribution in [2.45, 2.75) is 0 Å². The number of nitrogens with two attached hydrogens (primary N) is 1. The number of rotatable bonds is 2. The van der Waals surface area contributed by atoms with Gasteiger partial charge in [-0.2, -0.15) is 0 Å². The highest BCUT2D eigenvalue weighted by Crippen LogP contribution is 2.18. The average Bonchev–Trinajstić information content (AvgIpc) is 2.05. The molecule has 4 heteroatoms. The third kappa shape index (κ3) is 1.32. The zero-order valence-corrected chi connectivity index (χ0v) is 7.33. The molecular weight excluding hydrogens is 154 g/mol. The van der Waals surface area contributed by atoms with Gasteiger partial charge in [-0.05, 0) is 0 Å². The zero-order chi connectivity index (χ0) is 8.60. The van der Waals surface area contributed by atoms with E-state index in [0.717, 1.165) is 43.8 Å². The number of carbonyl (C=O) groups is 1. The number of primary amides is 1. The maximum Gasteiger partial charge on any atom is 0.272 e. The average molecular weight is 170 g/mol. The van der Waals surface area contributed by atoms with E-state index in [1.54, 1.807) is 0 Å². The van der Waals surface area contributed by atoms with Crippen molar-refractivity contribution in [1.82, 2.24) is 4.90 Å². The highest BCUT2D eigenvalue weighted by atomic mass is 16.1. The van der Waals surface area contributed by atoms with Crippen molar-refractivity contribution in [1.29, 1.82) is 0 Å². The van der Waals surface area contributed by atoms with Crippen molar-refractivity contribution >= 4 is 5.91 Å². The van der Waals surface area contributed by atoms with Crippen LogP contribution in [0.2, 0.25) is 0 Å². The Morgan fingerprint density at radius 3 is 2.17 bits per heavy atom. The molecule has 3 rings (SSSR count). The van der Waals surface area contributed by atoms with Crippen LogP contribution in [-0.2, 0) is 4.79 Å². The lowest BCUT2D eigenvalue weighted by Crippen LogP contribution is -2.68. The SMILES string of the molecule is NC(=O)C[N+]12CCN(CC1)CC2. The smallest absolute Gasteiger partial charge is 0.272 e. The van der Waals surface area contributed by atoms with Crippen molar-refractivity contribution in [3.63, 3.8) is 0 Å². The molecule has 0 saturated carbocycles. The lowest BCUT2D eigenvalue weighted by atomic mass is 10.1.